The highest BCUT2D eigenvalue weighted by Gasteiger charge is 2.31. The number of nitrogens with one attached hydrogen (secondary N) is 3. The van der Waals surface area contributed by atoms with Gasteiger partial charge in [0.05, 0.1) is 0 Å². The summed E-state index contributed by atoms with van der Waals surface area (Å²) in [6.45, 7) is 9.66. The van der Waals surface area contributed by atoms with Crippen molar-refractivity contribution in [1.82, 2.24) is 16.0 Å². The summed E-state index contributed by atoms with van der Waals surface area (Å²) in [7, 11) is 0. The Morgan fingerprint density at radius 2 is 1.71 bits per heavy atom. The van der Waals surface area contributed by atoms with Crippen molar-refractivity contribution in [3.8, 4) is 0 Å². The van der Waals surface area contributed by atoms with Crippen LogP contribution in [-0.2, 0) is 19.1 Å². The largest absolute Gasteiger partial charge is 0.480 e. The summed E-state index contributed by atoms with van der Waals surface area (Å²) in [6.07, 6.45) is 5.28. The summed E-state index contributed by atoms with van der Waals surface area (Å²) >= 11 is 1.55. The molecule has 0 radical (unpaired) electrons. The number of thioether (sulfide) groups is 1. The van der Waals surface area contributed by atoms with E-state index in [0.29, 0.717) is 31.6 Å². The standard InChI is InChI=1S/C24H43N3O6S/c1-7-15(2)19(27-23(32)33-24(3,4)5)21(29)25-14-16-8-10-17(11-9-16)20(28)26-18(22(30)31)12-13-34-6/h15-19H,7-14H2,1-6H3,(H,25,29)(H,26,28)(H,27,32)(H,30,31)/t15-,16?,17?,18-,19+/m1/s1. The Bertz CT molecular complexity index is 689. The summed E-state index contributed by atoms with van der Waals surface area (Å²) in [5.41, 5.74) is -0.648. The summed E-state index contributed by atoms with van der Waals surface area (Å²) in [5.74, 6) is -0.796. The van der Waals surface area contributed by atoms with Gasteiger partial charge in [0.15, 0.2) is 0 Å². The van der Waals surface area contributed by atoms with Crippen molar-refractivity contribution in [2.45, 2.75) is 90.8 Å². The lowest BCUT2D eigenvalue weighted by Gasteiger charge is -2.30. The molecule has 0 spiro atoms. The molecule has 0 bridgehead atoms. The molecule has 1 saturated carbocycles. The maximum Gasteiger partial charge on any atom is 0.408 e. The molecule has 0 heterocycles. The van der Waals surface area contributed by atoms with E-state index < -0.39 is 29.7 Å². The smallest absolute Gasteiger partial charge is 0.408 e. The Balaban J connectivity index is 2.53. The molecule has 0 aliphatic heterocycles. The number of carboxylic acids is 1. The Hall–Kier alpha value is -1.97. The number of alkyl carbamates (subject to hydrolysis) is 1. The zero-order chi connectivity index (χ0) is 25.9. The van der Waals surface area contributed by atoms with Crippen molar-refractivity contribution >= 4 is 35.6 Å². The van der Waals surface area contributed by atoms with Crippen LogP contribution in [0, 0.1) is 17.8 Å². The van der Waals surface area contributed by atoms with Crippen LogP contribution in [-0.4, -0.2) is 65.2 Å². The lowest BCUT2D eigenvalue weighted by molar-refractivity contribution is -0.142. The number of carboxylic acid groups (broad SMARTS) is 1. The fourth-order valence-electron chi connectivity index (χ4n) is 3.90. The number of rotatable bonds is 12. The predicted octanol–water partition coefficient (Wildman–Crippen LogP) is 3.17. The molecule has 34 heavy (non-hydrogen) atoms. The molecule has 1 fully saturated rings. The maximum absolute atomic E-state index is 12.8. The summed E-state index contributed by atoms with van der Waals surface area (Å²) in [4.78, 5) is 48.9. The van der Waals surface area contributed by atoms with E-state index in [1.807, 2.05) is 20.1 Å². The second-order valence-electron chi connectivity index (χ2n) is 10.2. The van der Waals surface area contributed by atoms with E-state index in [2.05, 4.69) is 16.0 Å². The lowest BCUT2D eigenvalue weighted by Crippen LogP contribution is -2.52. The Morgan fingerprint density at radius 1 is 1.09 bits per heavy atom. The van der Waals surface area contributed by atoms with Crippen LogP contribution in [0.2, 0.25) is 0 Å². The lowest BCUT2D eigenvalue weighted by atomic mass is 9.81. The zero-order valence-corrected chi connectivity index (χ0v) is 22.3. The first-order chi connectivity index (χ1) is 15.9. The molecule has 4 N–H and O–H groups in total. The molecule has 1 aliphatic rings. The van der Waals surface area contributed by atoms with E-state index in [4.69, 9.17) is 4.74 Å². The molecule has 0 aromatic carbocycles. The first-order valence-electron chi connectivity index (χ1n) is 12.2. The van der Waals surface area contributed by atoms with Crippen molar-refractivity contribution in [3.63, 3.8) is 0 Å². The van der Waals surface area contributed by atoms with Crippen LogP contribution >= 0.6 is 11.8 Å². The summed E-state index contributed by atoms with van der Waals surface area (Å²) < 4.78 is 5.30. The van der Waals surface area contributed by atoms with Crippen LogP contribution in [0.15, 0.2) is 0 Å². The molecule has 3 amide bonds. The van der Waals surface area contributed by atoms with Gasteiger partial charge in [-0.3, -0.25) is 9.59 Å². The third kappa shape index (κ3) is 11.0. The molecule has 0 aromatic heterocycles. The number of aliphatic carboxylic acids is 1. The molecule has 1 aliphatic carbocycles. The number of amides is 3. The quantitative estimate of drug-likeness (QED) is 0.323. The fraction of sp³-hybridized carbons (Fsp3) is 0.833. The minimum Gasteiger partial charge on any atom is -0.480 e. The van der Waals surface area contributed by atoms with Gasteiger partial charge < -0.3 is 25.8 Å². The number of carbonyl (C=O) groups is 4. The minimum atomic E-state index is -1.00. The van der Waals surface area contributed by atoms with Crippen molar-refractivity contribution < 1.29 is 29.0 Å². The number of hydrogen-bond donors (Lipinski definition) is 4. The van der Waals surface area contributed by atoms with E-state index >= 15 is 0 Å². The Labute approximate surface area is 207 Å². The average molecular weight is 502 g/mol. The molecule has 0 aromatic rings. The average Bonchev–Trinajstić information content (AvgIpc) is 2.76. The zero-order valence-electron chi connectivity index (χ0n) is 21.4. The second-order valence-corrected chi connectivity index (χ2v) is 11.1. The van der Waals surface area contributed by atoms with Gasteiger partial charge in [0.1, 0.15) is 17.7 Å². The molecule has 9 nitrogen and oxygen atoms in total. The second kappa shape index (κ2) is 14.4. The van der Waals surface area contributed by atoms with E-state index in [-0.39, 0.29) is 29.6 Å². The first-order valence-corrected chi connectivity index (χ1v) is 13.6. The van der Waals surface area contributed by atoms with Gasteiger partial charge in [-0.15, -0.1) is 0 Å². The summed E-state index contributed by atoms with van der Waals surface area (Å²) in [6, 6.07) is -1.54. The van der Waals surface area contributed by atoms with Crippen molar-refractivity contribution in [3.05, 3.63) is 0 Å². The molecular formula is C24H43N3O6S. The van der Waals surface area contributed by atoms with Crippen LogP contribution in [0.4, 0.5) is 4.79 Å². The van der Waals surface area contributed by atoms with Gasteiger partial charge in [0.25, 0.3) is 0 Å². The Kier molecular flexibility index (Phi) is 12.8. The third-order valence-corrected chi connectivity index (χ3v) is 6.82. The molecule has 196 valence electrons. The van der Waals surface area contributed by atoms with E-state index in [0.717, 1.165) is 19.3 Å². The monoisotopic (exact) mass is 501 g/mol. The van der Waals surface area contributed by atoms with Crippen molar-refractivity contribution in [2.24, 2.45) is 17.8 Å². The molecular weight excluding hydrogens is 458 g/mol. The highest BCUT2D eigenvalue weighted by Crippen LogP contribution is 2.29. The van der Waals surface area contributed by atoms with Gasteiger partial charge >= 0.3 is 12.1 Å². The van der Waals surface area contributed by atoms with E-state index in [1.165, 1.54) is 0 Å². The normalized spacial score (nSPS) is 21.0. The van der Waals surface area contributed by atoms with Gasteiger partial charge in [0, 0.05) is 12.5 Å². The predicted molar refractivity (Wildman–Crippen MR) is 134 cm³/mol. The maximum atomic E-state index is 12.8. The van der Waals surface area contributed by atoms with Crippen molar-refractivity contribution in [1.29, 1.82) is 0 Å². The third-order valence-electron chi connectivity index (χ3n) is 6.18. The Morgan fingerprint density at radius 3 is 2.21 bits per heavy atom. The van der Waals surface area contributed by atoms with Gasteiger partial charge in [-0.1, -0.05) is 20.3 Å². The van der Waals surface area contributed by atoms with Crippen LogP contribution in [0.25, 0.3) is 0 Å². The van der Waals surface area contributed by atoms with Crippen LogP contribution in [0.5, 0.6) is 0 Å². The van der Waals surface area contributed by atoms with Gasteiger partial charge in [-0.05, 0) is 76.7 Å². The van der Waals surface area contributed by atoms with Crippen molar-refractivity contribution in [2.75, 3.05) is 18.6 Å². The first kappa shape index (κ1) is 30.1. The van der Waals surface area contributed by atoms with Gasteiger partial charge in [-0.2, -0.15) is 11.8 Å². The highest BCUT2D eigenvalue weighted by molar-refractivity contribution is 7.98. The molecule has 0 saturated heterocycles. The van der Waals surface area contributed by atoms with Crippen LogP contribution in [0.3, 0.4) is 0 Å². The SMILES string of the molecule is CC[C@@H](C)[C@H](NC(=O)OC(C)(C)C)C(=O)NCC1CCC(C(=O)N[C@H](CCSC)C(=O)O)CC1. The topological polar surface area (TPSA) is 134 Å². The van der Waals surface area contributed by atoms with E-state index in [9.17, 15) is 24.3 Å². The number of carbonyl (C=O) groups excluding carboxylic acids is 3. The molecule has 10 heteroatoms. The van der Waals surface area contributed by atoms with Crippen LogP contribution in [0.1, 0.15) is 73.1 Å². The molecule has 3 atom stereocenters. The fourth-order valence-corrected chi connectivity index (χ4v) is 4.37. The number of hydrogen-bond acceptors (Lipinski definition) is 6. The van der Waals surface area contributed by atoms with E-state index in [1.54, 1.807) is 32.5 Å². The van der Waals surface area contributed by atoms with Gasteiger partial charge in [-0.25, -0.2) is 9.59 Å². The minimum absolute atomic E-state index is 0.0553. The number of ether oxygens (including phenoxy) is 1. The molecule has 1 rings (SSSR count). The summed E-state index contributed by atoms with van der Waals surface area (Å²) in [5, 5.41) is 17.7. The van der Waals surface area contributed by atoms with Gasteiger partial charge in [0.2, 0.25) is 11.8 Å². The van der Waals surface area contributed by atoms with Crippen LogP contribution < -0.4 is 16.0 Å². The molecule has 0 unspecified atom stereocenters. The highest BCUT2D eigenvalue weighted by atomic mass is 32.2.